The molecule has 0 spiro atoms. The molecule has 0 aromatic carbocycles. The second-order valence-electron chi connectivity index (χ2n) is 9.08. The Morgan fingerprint density at radius 3 is 2.38 bits per heavy atom. The summed E-state index contributed by atoms with van der Waals surface area (Å²) in [6.45, 7) is 12.7. The van der Waals surface area contributed by atoms with Crippen molar-refractivity contribution in [2.24, 2.45) is 16.7 Å². The zero-order valence-corrected chi connectivity index (χ0v) is 15.5. The monoisotopic (exact) mass is 338 g/mol. The summed E-state index contributed by atoms with van der Waals surface area (Å²) in [5.74, 6) is 0.304. The number of rotatable bonds is 3. The number of aromatic amines is 1. The first-order valence-electron chi connectivity index (χ1n) is 8.53. The van der Waals surface area contributed by atoms with Crippen LogP contribution in [0.1, 0.15) is 66.2 Å². The van der Waals surface area contributed by atoms with E-state index in [-0.39, 0.29) is 22.5 Å². The molecule has 6 heteroatoms. The molecule has 136 valence electrons. The molecule has 1 aromatic heterocycles. The van der Waals surface area contributed by atoms with E-state index in [9.17, 15) is 14.7 Å². The number of hydrogen-bond acceptors (Lipinski definition) is 4. The van der Waals surface area contributed by atoms with Crippen LogP contribution in [0.5, 0.6) is 0 Å². The minimum Gasteiger partial charge on any atom is -0.391 e. The van der Waals surface area contributed by atoms with Crippen molar-refractivity contribution in [3.8, 4) is 0 Å². The van der Waals surface area contributed by atoms with Crippen LogP contribution < -0.4 is 11.2 Å². The minimum atomic E-state index is -0.546. The van der Waals surface area contributed by atoms with Crippen molar-refractivity contribution in [1.29, 1.82) is 0 Å². The molecule has 3 atom stereocenters. The standard InChI is InChI=1S/C18H30N2O4/c1-17(2,3)8-13-12(18(4,5)6)7-14(24-13)20-9-11(10-21)15(22)19-16(20)23/h9,12-14,21H,7-8,10H2,1-6H3,(H,19,22,23)/t12?,13-,14-/m1/s1. The second-order valence-corrected chi connectivity index (χ2v) is 9.08. The molecule has 0 saturated carbocycles. The lowest BCUT2D eigenvalue weighted by Gasteiger charge is -2.33. The highest BCUT2D eigenvalue weighted by molar-refractivity contribution is 5.04. The van der Waals surface area contributed by atoms with E-state index in [2.05, 4.69) is 46.5 Å². The summed E-state index contributed by atoms with van der Waals surface area (Å²) in [6, 6.07) is 0. The molecule has 24 heavy (non-hydrogen) atoms. The topological polar surface area (TPSA) is 84.3 Å². The van der Waals surface area contributed by atoms with Crippen molar-refractivity contribution in [2.75, 3.05) is 0 Å². The summed E-state index contributed by atoms with van der Waals surface area (Å²) in [5, 5.41) is 9.29. The van der Waals surface area contributed by atoms with Gasteiger partial charge in [0.2, 0.25) is 0 Å². The quantitative estimate of drug-likeness (QED) is 0.886. The third-order valence-corrected chi connectivity index (χ3v) is 4.68. The van der Waals surface area contributed by atoms with Crippen molar-refractivity contribution < 1.29 is 9.84 Å². The third kappa shape index (κ3) is 4.16. The molecule has 1 aliphatic heterocycles. The molecule has 1 aliphatic rings. The summed E-state index contributed by atoms with van der Waals surface area (Å²) in [6.07, 6.45) is 2.66. The number of hydrogen-bond donors (Lipinski definition) is 2. The van der Waals surface area contributed by atoms with Crippen molar-refractivity contribution in [3.05, 3.63) is 32.6 Å². The maximum absolute atomic E-state index is 12.2. The molecule has 0 aliphatic carbocycles. The maximum Gasteiger partial charge on any atom is 0.330 e. The zero-order valence-electron chi connectivity index (χ0n) is 15.5. The Kier molecular flexibility index (Phi) is 5.11. The summed E-state index contributed by atoms with van der Waals surface area (Å²) >= 11 is 0. The lowest BCUT2D eigenvalue weighted by atomic mass is 9.73. The molecule has 1 aromatic rings. The van der Waals surface area contributed by atoms with Gasteiger partial charge < -0.3 is 9.84 Å². The van der Waals surface area contributed by atoms with Crippen LogP contribution in [0.25, 0.3) is 0 Å². The number of aromatic nitrogens is 2. The van der Waals surface area contributed by atoms with Crippen LogP contribution in [0.4, 0.5) is 0 Å². The Bertz CT molecular complexity index is 691. The van der Waals surface area contributed by atoms with Gasteiger partial charge in [0.15, 0.2) is 0 Å². The number of H-pyrrole nitrogens is 1. The van der Waals surface area contributed by atoms with Gasteiger partial charge in [-0.05, 0) is 29.6 Å². The van der Waals surface area contributed by atoms with Crippen LogP contribution in [0.2, 0.25) is 0 Å². The molecule has 2 rings (SSSR count). The van der Waals surface area contributed by atoms with Gasteiger partial charge >= 0.3 is 5.69 Å². The van der Waals surface area contributed by atoms with E-state index in [1.807, 2.05) is 0 Å². The summed E-state index contributed by atoms with van der Waals surface area (Å²) in [4.78, 5) is 26.1. The lowest BCUT2D eigenvalue weighted by Crippen LogP contribution is -2.34. The van der Waals surface area contributed by atoms with E-state index in [0.29, 0.717) is 12.3 Å². The van der Waals surface area contributed by atoms with Crippen LogP contribution in [0, 0.1) is 16.7 Å². The highest BCUT2D eigenvalue weighted by atomic mass is 16.5. The van der Waals surface area contributed by atoms with Crippen LogP contribution in [0.15, 0.2) is 15.8 Å². The largest absolute Gasteiger partial charge is 0.391 e. The number of aliphatic hydroxyl groups excluding tert-OH is 1. The molecule has 0 bridgehead atoms. The van der Waals surface area contributed by atoms with Crippen molar-refractivity contribution in [1.82, 2.24) is 9.55 Å². The second kappa shape index (κ2) is 6.48. The van der Waals surface area contributed by atoms with Gasteiger partial charge in [0.1, 0.15) is 6.23 Å². The molecular formula is C18H30N2O4. The highest BCUT2D eigenvalue weighted by Gasteiger charge is 2.44. The molecular weight excluding hydrogens is 308 g/mol. The van der Waals surface area contributed by atoms with Crippen molar-refractivity contribution in [2.45, 2.75) is 73.3 Å². The molecule has 6 nitrogen and oxygen atoms in total. The summed E-state index contributed by atoms with van der Waals surface area (Å²) in [5.41, 5.74) is -0.697. The van der Waals surface area contributed by atoms with Crippen molar-refractivity contribution >= 4 is 0 Å². The SMILES string of the molecule is CC(C)(C)C[C@H]1O[C@@H](n2cc(CO)c(=O)[nH]c2=O)CC1C(C)(C)C. The van der Waals surface area contributed by atoms with E-state index in [0.717, 1.165) is 6.42 Å². The molecule has 1 unspecified atom stereocenters. The van der Waals surface area contributed by atoms with E-state index in [4.69, 9.17) is 4.74 Å². The molecule has 2 heterocycles. The van der Waals surface area contributed by atoms with Gasteiger partial charge in [-0.15, -0.1) is 0 Å². The van der Waals surface area contributed by atoms with Gasteiger partial charge in [0, 0.05) is 6.20 Å². The predicted octanol–water partition coefficient (Wildman–Crippen LogP) is 2.41. The Morgan fingerprint density at radius 1 is 1.25 bits per heavy atom. The van der Waals surface area contributed by atoms with E-state index < -0.39 is 24.1 Å². The van der Waals surface area contributed by atoms with Crippen LogP contribution >= 0.6 is 0 Å². The van der Waals surface area contributed by atoms with Gasteiger partial charge in [-0.1, -0.05) is 41.5 Å². The Morgan fingerprint density at radius 2 is 1.88 bits per heavy atom. The lowest BCUT2D eigenvalue weighted by molar-refractivity contribution is -0.0343. The van der Waals surface area contributed by atoms with Crippen LogP contribution in [-0.2, 0) is 11.3 Å². The Labute approximate surface area is 142 Å². The van der Waals surface area contributed by atoms with E-state index in [1.54, 1.807) is 0 Å². The number of nitrogens with zero attached hydrogens (tertiary/aromatic N) is 1. The Hall–Kier alpha value is -1.40. The number of ether oxygens (including phenoxy) is 1. The normalized spacial score (nSPS) is 25.2. The molecule has 1 fully saturated rings. The van der Waals surface area contributed by atoms with Crippen molar-refractivity contribution in [3.63, 3.8) is 0 Å². The fraction of sp³-hybridized carbons (Fsp3) is 0.778. The van der Waals surface area contributed by atoms with Crippen LogP contribution in [-0.4, -0.2) is 20.8 Å². The van der Waals surface area contributed by atoms with E-state index in [1.165, 1.54) is 10.8 Å². The molecule has 2 N–H and O–H groups in total. The smallest absolute Gasteiger partial charge is 0.330 e. The minimum absolute atomic E-state index is 0.0476. The van der Waals surface area contributed by atoms with Gasteiger partial charge in [-0.2, -0.15) is 0 Å². The average Bonchev–Trinajstić information content (AvgIpc) is 2.80. The van der Waals surface area contributed by atoms with E-state index >= 15 is 0 Å². The van der Waals surface area contributed by atoms with Gasteiger partial charge in [-0.3, -0.25) is 14.3 Å². The predicted molar refractivity (Wildman–Crippen MR) is 92.8 cm³/mol. The average molecular weight is 338 g/mol. The Balaban J connectivity index is 2.37. The highest BCUT2D eigenvalue weighted by Crippen LogP contribution is 2.46. The first-order valence-corrected chi connectivity index (χ1v) is 8.53. The first-order chi connectivity index (χ1) is 10.9. The molecule has 1 saturated heterocycles. The van der Waals surface area contributed by atoms with Gasteiger partial charge in [0.05, 0.1) is 18.3 Å². The molecule has 0 radical (unpaired) electrons. The maximum atomic E-state index is 12.2. The summed E-state index contributed by atoms with van der Waals surface area (Å²) in [7, 11) is 0. The molecule has 0 amide bonds. The van der Waals surface area contributed by atoms with Gasteiger partial charge in [0.25, 0.3) is 5.56 Å². The number of aliphatic hydroxyl groups is 1. The third-order valence-electron chi connectivity index (χ3n) is 4.68. The van der Waals surface area contributed by atoms with Crippen LogP contribution in [0.3, 0.4) is 0 Å². The first kappa shape index (κ1) is 18.9. The zero-order chi connectivity index (χ0) is 18.3. The summed E-state index contributed by atoms with van der Waals surface area (Å²) < 4.78 is 7.65. The fourth-order valence-electron chi connectivity index (χ4n) is 3.46. The number of nitrogens with one attached hydrogen (secondary N) is 1. The van der Waals surface area contributed by atoms with Gasteiger partial charge in [-0.25, -0.2) is 4.79 Å². The fourth-order valence-corrected chi connectivity index (χ4v) is 3.46.